The summed E-state index contributed by atoms with van der Waals surface area (Å²) in [5.74, 6) is 0.154. The van der Waals surface area contributed by atoms with Crippen LogP contribution in [0.15, 0.2) is 79.0 Å². The van der Waals surface area contributed by atoms with Crippen LogP contribution in [0, 0.1) is 5.82 Å². The van der Waals surface area contributed by atoms with Crippen molar-refractivity contribution < 1.29 is 28.1 Å². The highest BCUT2D eigenvalue weighted by Gasteiger charge is 2.40. The maximum atomic E-state index is 16.8. The van der Waals surface area contributed by atoms with E-state index in [0.29, 0.717) is 41.6 Å². The van der Waals surface area contributed by atoms with E-state index in [1.165, 1.54) is 14.0 Å². The van der Waals surface area contributed by atoms with Crippen LogP contribution in [0.2, 0.25) is 0 Å². The average molecular weight is 583 g/mol. The maximum Gasteiger partial charge on any atom is 0.222 e. The Morgan fingerprint density at radius 1 is 1.00 bits per heavy atom. The number of nitrogens with zero attached hydrogens (tertiary/aromatic N) is 3. The number of ether oxygens (including phenoxy) is 4. The van der Waals surface area contributed by atoms with Gasteiger partial charge in [0, 0.05) is 13.0 Å². The van der Waals surface area contributed by atoms with Crippen LogP contribution in [0.5, 0.6) is 17.2 Å². The zero-order chi connectivity index (χ0) is 30.0. The van der Waals surface area contributed by atoms with E-state index in [-0.39, 0.29) is 36.2 Å². The number of methoxy groups -OCH3 is 1. The summed E-state index contributed by atoms with van der Waals surface area (Å²) in [7, 11) is 1.50. The zero-order valence-corrected chi connectivity index (χ0v) is 24.1. The second kappa shape index (κ2) is 11.7. The van der Waals surface area contributed by atoms with Crippen molar-refractivity contribution in [2.45, 2.75) is 32.6 Å². The number of benzene rings is 3. The SMILES string of the molecule is COc1cc(-c2nc3cc(NC(C)=O)ncc3n2C2(C)COC2)c(F)c(OCc2ccccc2)c1OCc1ccccc1. The average Bonchev–Trinajstić information content (AvgIpc) is 3.37. The van der Waals surface area contributed by atoms with Crippen molar-refractivity contribution in [3.63, 3.8) is 0 Å². The van der Waals surface area contributed by atoms with E-state index < -0.39 is 11.4 Å². The first kappa shape index (κ1) is 28.2. The number of fused-ring (bicyclic) bond motifs is 1. The van der Waals surface area contributed by atoms with E-state index in [0.717, 1.165) is 11.1 Å². The van der Waals surface area contributed by atoms with Crippen LogP contribution in [0.25, 0.3) is 22.4 Å². The molecule has 1 amide bonds. The number of carbonyl (C=O) groups excluding carboxylic acids is 1. The number of amides is 1. The highest BCUT2D eigenvalue weighted by atomic mass is 19.1. The summed E-state index contributed by atoms with van der Waals surface area (Å²) in [6.45, 7) is 4.53. The van der Waals surface area contributed by atoms with Gasteiger partial charge in [-0.05, 0) is 24.1 Å². The lowest BCUT2D eigenvalue weighted by Gasteiger charge is -2.40. The van der Waals surface area contributed by atoms with Gasteiger partial charge in [0.25, 0.3) is 0 Å². The molecule has 43 heavy (non-hydrogen) atoms. The molecule has 1 aliphatic rings. The Balaban J connectivity index is 1.50. The molecule has 1 fully saturated rings. The Kier molecular flexibility index (Phi) is 7.69. The third-order valence-corrected chi connectivity index (χ3v) is 7.26. The van der Waals surface area contributed by atoms with E-state index in [1.54, 1.807) is 18.3 Å². The number of hydrogen-bond donors (Lipinski definition) is 1. The second-order valence-electron chi connectivity index (χ2n) is 10.6. The second-order valence-corrected chi connectivity index (χ2v) is 10.6. The minimum atomic E-state index is -0.643. The fraction of sp³-hybridized carbons (Fsp3) is 0.242. The highest BCUT2D eigenvalue weighted by Crippen LogP contribution is 2.47. The minimum Gasteiger partial charge on any atom is -0.493 e. The first-order valence-electron chi connectivity index (χ1n) is 13.8. The molecule has 0 aliphatic carbocycles. The molecule has 10 heteroatoms. The van der Waals surface area contributed by atoms with Crippen molar-refractivity contribution in [1.82, 2.24) is 14.5 Å². The molecule has 0 unspecified atom stereocenters. The number of hydrogen-bond acceptors (Lipinski definition) is 7. The van der Waals surface area contributed by atoms with Crippen LogP contribution in [0.3, 0.4) is 0 Å². The molecule has 0 saturated carbocycles. The van der Waals surface area contributed by atoms with Gasteiger partial charge in [-0.15, -0.1) is 0 Å². The molecule has 2 aromatic heterocycles. The molecule has 5 aromatic rings. The fourth-order valence-corrected chi connectivity index (χ4v) is 5.11. The van der Waals surface area contributed by atoms with Gasteiger partial charge in [-0.25, -0.2) is 14.4 Å². The Bertz CT molecular complexity index is 1770. The summed E-state index contributed by atoms with van der Waals surface area (Å²) in [5.41, 5.74) is 2.64. The smallest absolute Gasteiger partial charge is 0.222 e. The van der Waals surface area contributed by atoms with Crippen LogP contribution in [-0.2, 0) is 28.3 Å². The molecule has 0 bridgehead atoms. The molecule has 9 nitrogen and oxygen atoms in total. The Labute approximate surface area is 248 Å². The molecular weight excluding hydrogens is 551 g/mol. The summed E-state index contributed by atoms with van der Waals surface area (Å²) < 4.78 is 42.4. The van der Waals surface area contributed by atoms with Gasteiger partial charge in [-0.2, -0.15) is 0 Å². The van der Waals surface area contributed by atoms with E-state index >= 15 is 4.39 Å². The van der Waals surface area contributed by atoms with Crippen molar-refractivity contribution >= 4 is 22.8 Å². The highest BCUT2D eigenvalue weighted by molar-refractivity contribution is 5.91. The van der Waals surface area contributed by atoms with Gasteiger partial charge < -0.3 is 28.8 Å². The predicted octanol–water partition coefficient (Wildman–Crippen LogP) is 6.11. The number of pyridine rings is 1. The topological polar surface area (TPSA) is 96.7 Å². The molecule has 0 radical (unpaired) electrons. The van der Waals surface area contributed by atoms with E-state index in [1.807, 2.05) is 72.2 Å². The van der Waals surface area contributed by atoms with Gasteiger partial charge in [-0.3, -0.25) is 4.79 Å². The standard InChI is InChI=1S/C33H31FN4O5/c1-21(39)36-28-15-25-26(16-35-28)38(33(2)19-41-20-33)32(37-25)24-14-27(40-3)30(42-17-22-10-6-4-7-11-22)31(29(24)34)43-18-23-12-8-5-9-13-23/h4-16H,17-20H2,1-3H3,(H,35,36,39). The van der Waals surface area contributed by atoms with Crippen LogP contribution < -0.4 is 19.5 Å². The summed E-state index contributed by atoms with van der Waals surface area (Å²) >= 11 is 0. The lowest BCUT2D eigenvalue weighted by Crippen LogP contribution is -2.49. The number of halogens is 1. The number of imidazole rings is 1. The number of anilines is 1. The van der Waals surface area contributed by atoms with Gasteiger partial charge in [-0.1, -0.05) is 60.7 Å². The van der Waals surface area contributed by atoms with E-state index in [9.17, 15) is 4.79 Å². The molecule has 0 spiro atoms. The predicted molar refractivity (Wildman–Crippen MR) is 160 cm³/mol. The normalized spacial score (nSPS) is 13.8. The summed E-state index contributed by atoms with van der Waals surface area (Å²) in [6.07, 6.45) is 1.62. The van der Waals surface area contributed by atoms with E-state index in [2.05, 4.69) is 10.3 Å². The Morgan fingerprint density at radius 2 is 1.63 bits per heavy atom. The fourth-order valence-electron chi connectivity index (χ4n) is 5.11. The van der Waals surface area contributed by atoms with Gasteiger partial charge in [0.15, 0.2) is 11.6 Å². The monoisotopic (exact) mass is 582 g/mol. The summed E-state index contributed by atoms with van der Waals surface area (Å²) in [5, 5.41) is 2.68. The first-order valence-corrected chi connectivity index (χ1v) is 13.8. The van der Waals surface area contributed by atoms with Crippen molar-refractivity contribution in [3.05, 3.63) is 95.9 Å². The molecule has 220 valence electrons. The van der Waals surface area contributed by atoms with Crippen molar-refractivity contribution in [2.75, 3.05) is 25.6 Å². The quantitative estimate of drug-likeness (QED) is 0.212. The molecule has 3 aromatic carbocycles. The van der Waals surface area contributed by atoms with Gasteiger partial charge >= 0.3 is 0 Å². The molecular formula is C33H31FN4O5. The van der Waals surface area contributed by atoms with Gasteiger partial charge in [0.1, 0.15) is 24.9 Å². The van der Waals surface area contributed by atoms with Crippen LogP contribution in [0.1, 0.15) is 25.0 Å². The van der Waals surface area contributed by atoms with Gasteiger partial charge in [0.05, 0.1) is 48.7 Å². The van der Waals surface area contributed by atoms with Crippen molar-refractivity contribution in [3.8, 4) is 28.6 Å². The number of aromatic nitrogens is 3. The number of rotatable bonds is 10. The molecule has 1 saturated heterocycles. The lowest BCUT2D eigenvalue weighted by atomic mass is 9.99. The Hall–Kier alpha value is -4.96. The summed E-state index contributed by atoms with van der Waals surface area (Å²) in [6, 6.07) is 22.3. The van der Waals surface area contributed by atoms with Crippen LogP contribution in [0.4, 0.5) is 10.2 Å². The number of carbonyl (C=O) groups is 1. The first-order chi connectivity index (χ1) is 20.9. The number of nitrogens with one attached hydrogen (secondary N) is 1. The maximum absolute atomic E-state index is 16.8. The van der Waals surface area contributed by atoms with Gasteiger partial charge in [0.2, 0.25) is 17.4 Å². The molecule has 6 rings (SSSR count). The third kappa shape index (κ3) is 5.61. The van der Waals surface area contributed by atoms with E-state index in [4.69, 9.17) is 23.9 Å². The molecule has 0 atom stereocenters. The lowest BCUT2D eigenvalue weighted by molar-refractivity contribution is -0.114. The minimum absolute atomic E-state index is 0.0835. The van der Waals surface area contributed by atoms with Crippen molar-refractivity contribution in [1.29, 1.82) is 0 Å². The largest absolute Gasteiger partial charge is 0.493 e. The molecule has 1 aliphatic heterocycles. The third-order valence-electron chi connectivity index (χ3n) is 7.26. The van der Waals surface area contributed by atoms with Crippen LogP contribution >= 0.6 is 0 Å². The molecule has 3 heterocycles. The summed E-state index contributed by atoms with van der Waals surface area (Å²) in [4.78, 5) is 20.9. The zero-order valence-electron chi connectivity index (χ0n) is 24.1. The Morgan fingerprint density at radius 3 is 2.19 bits per heavy atom. The van der Waals surface area contributed by atoms with Crippen molar-refractivity contribution in [2.24, 2.45) is 0 Å². The molecule has 1 N–H and O–H groups in total. The van der Waals surface area contributed by atoms with Crippen LogP contribution in [-0.4, -0.2) is 40.8 Å².